The fourth-order valence-corrected chi connectivity index (χ4v) is 0.818. The summed E-state index contributed by atoms with van der Waals surface area (Å²) in [5.41, 5.74) is 5.55. The van der Waals surface area contributed by atoms with Gasteiger partial charge in [0, 0.05) is 12.1 Å². The highest BCUT2D eigenvalue weighted by Crippen LogP contribution is 1.97. The van der Waals surface area contributed by atoms with E-state index < -0.39 is 0 Å². The van der Waals surface area contributed by atoms with Crippen LogP contribution < -0.4 is 5.73 Å². The average Bonchev–Trinajstić information content (AvgIpc) is 1.83. The van der Waals surface area contributed by atoms with Gasteiger partial charge in [0.05, 0.1) is 6.61 Å². The zero-order valence-corrected chi connectivity index (χ0v) is 8.76. The molecule has 12 heavy (non-hydrogen) atoms. The minimum absolute atomic E-state index is 0.196. The molecule has 74 valence electrons. The van der Waals surface area contributed by atoms with Crippen molar-refractivity contribution < 1.29 is 4.74 Å². The number of nitrogens with two attached hydrogens (primary N) is 1. The summed E-state index contributed by atoms with van der Waals surface area (Å²) in [7, 11) is 4.12. The Hall–Kier alpha value is -0.120. The summed E-state index contributed by atoms with van der Waals surface area (Å²) >= 11 is 0. The SMILES string of the molecule is CN(C)CCCOCC(C)(C)N. The van der Waals surface area contributed by atoms with Crippen LogP contribution in [0.25, 0.3) is 0 Å². The van der Waals surface area contributed by atoms with E-state index in [9.17, 15) is 0 Å². The van der Waals surface area contributed by atoms with E-state index in [1.807, 2.05) is 13.8 Å². The maximum Gasteiger partial charge on any atom is 0.0640 e. The Morgan fingerprint density at radius 3 is 2.33 bits per heavy atom. The first-order valence-corrected chi connectivity index (χ1v) is 4.43. The molecule has 0 aliphatic rings. The predicted octanol–water partition coefficient (Wildman–Crippen LogP) is 0.692. The van der Waals surface area contributed by atoms with Crippen LogP contribution in [0.2, 0.25) is 0 Å². The summed E-state index contributed by atoms with van der Waals surface area (Å²) in [6, 6.07) is 0. The molecule has 0 amide bonds. The number of rotatable bonds is 6. The monoisotopic (exact) mass is 174 g/mol. The first-order chi connectivity index (χ1) is 5.42. The highest BCUT2D eigenvalue weighted by Gasteiger charge is 2.09. The van der Waals surface area contributed by atoms with Gasteiger partial charge in [0.15, 0.2) is 0 Å². The molecule has 0 radical (unpaired) electrons. The predicted molar refractivity (Wildman–Crippen MR) is 52.3 cm³/mol. The Labute approximate surface area is 75.9 Å². The minimum Gasteiger partial charge on any atom is -0.380 e. The molecule has 3 nitrogen and oxygen atoms in total. The molecular formula is C9H22N2O. The molecule has 0 aliphatic carbocycles. The lowest BCUT2D eigenvalue weighted by Gasteiger charge is -2.18. The second-order valence-corrected chi connectivity index (χ2v) is 4.20. The van der Waals surface area contributed by atoms with Crippen molar-refractivity contribution in [2.75, 3.05) is 33.9 Å². The summed E-state index contributed by atoms with van der Waals surface area (Å²) in [5, 5.41) is 0. The van der Waals surface area contributed by atoms with Gasteiger partial charge in [-0.15, -0.1) is 0 Å². The molecule has 0 aliphatic heterocycles. The minimum atomic E-state index is -0.196. The summed E-state index contributed by atoms with van der Waals surface area (Å²) < 4.78 is 5.40. The maximum atomic E-state index is 5.74. The van der Waals surface area contributed by atoms with Crippen LogP contribution in [-0.2, 0) is 4.74 Å². The molecule has 0 aromatic rings. The van der Waals surface area contributed by atoms with Gasteiger partial charge < -0.3 is 15.4 Å². The molecule has 0 aromatic carbocycles. The van der Waals surface area contributed by atoms with Crippen LogP contribution in [0.5, 0.6) is 0 Å². The van der Waals surface area contributed by atoms with Crippen molar-refractivity contribution in [2.45, 2.75) is 25.8 Å². The zero-order valence-electron chi connectivity index (χ0n) is 8.76. The highest BCUT2D eigenvalue weighted by atomic mass is 16.5. The zero-order chi connectivity index (χ0) is 9.61. The smallest absolute Gasteiger partial charge is 0.0640 e. The Morgan fingerprint density at radius 2 is 1.92 bits per heavy atom. The normalized spacial score (nSPS) is 12.5. The van der Waals surface area contributed by atoms with E-state index in [1.165, 1.54) is 0 Å². The van der Waals surface area contributed by atoms with E-state index in [4.69, 9.17) is 10.5 Å². The Morgan fingerprint density at radius 1 is 1.33 bits per heavy atom. The maximum absolute atomic E-state index is 5.74. The van der Waals surface area contributed by atoms with Gasteiger partial charge in [0.1, 0.15) is 0 Å². The summed E-state index contributed by atoms with van der Waals surface area (Å²) in [4.78, 5) is 2.15. The number of hydrogen-bond donors (Lipinski definition) is 1. The Balaban J connectivity index is 3.12. The fraction of sp³-hybridized carbons (Fsp3) is 1.00. The molecular weight excluding hydrogens is 152 g/mol. The van der Waals surface area contributed by atoms with E-state index in [1.54, 1.807) is 0 Å². The van der Waals surface area contributed by atoms with Gasteiger partial charge in [-0.3, -0.25) is 0 Å². The lowest BCUT2D eigenvalue weighted by molar-refractivity contribution is 0.0914. The van der Waals surface area contributed by atoms with Gasteiger partial charge >= 0.3 is 0 Å². The third-order valence-corrected chi connectivity index (χ3v) is 1.37. The van der Waals surface area contributed by atoms with E-state index >= 15 is 0 Å². The third kappa shape index (κ3) is 9.88. The molecule has 0 saturated carbocycles. The molecule has 0 heterocycles. The topological polar surface area (TPSA) is 38.5 Å². The number of hydrogen-bond acceptors (Lipinski definition) is 3. The molecule has 0 saturated heterocycles. The standard InChI is InChI=1S/C9H22N2O/c1-9(2,10)8-12-7-5-6-11(3)4/h5-8,10H2,1-4H3. The largest absolute Gasteiger partial charge is 0.380 e. The summed E-state index contributed by atoms with van der Waals surface area (Å²) in [6.45, 7) is 6.46. The van der Waals surface area contributed by atoms with Crippen molar-refractivity contribution in [1.82, 2.24) is 4.90 Å². The molecule has 0 fully saturated rings. The van der Waals surface area contributed by atoms with Gasteiger partial charge in [0.25, 0.3) is 0 Å². The van der Waals surface area contributed by atoms with E-state index in [0.29, 0.717) is 6.61 Å². The molecule has 0 spiro atoms. The third-order valence-electron chi connectivity index (χ3n) is 1.37. The van der Waals surface area contributed by atoms with E-state index in [0.717, 1.165) is 19.6 Å². The molecule has 0 rings (SSSR count). The first kappa shape index (κ1) is 11.9. The van der Waals surface area contributed by atoms with Crippen LogP contribution >= 0.6 is 0 Å². The highest BCUT2D eigenvalue weighted by molar-refractivity contribution is 4.69. The van der Waals surface area contributed by atoms with Gasteiger partial charge in [0.2, 0.25) is 0 Å². The van der Waals surface area contributed by atoms with Crippen LogP contribution in [0.1, 0.15) is 20.3 Å². The molecule has 0 unspecified atom stereocenters. The molecule has 0 bridgehead atoms. The van der Waals surface area contributed by atoms with Crippen LogP contribution in [0, 0.1) is 0 Å². The second-order valence-electron chi connectivity index (χ2n) is 4.20. The van der Waals surface area contributed by atoms with Crippen LogP contribution in [-0.4, -0.2) is 44.3 Å². The quantitative estimate of drug-likeness (QED) is 0.602. The van der Waals surface area contributed by atoms with E-state index in [2.05, 4.69) is 19.0 Å². The van der Waals surface area contributed by atoms with Gasteiger partial charge in [-0.2, -0.15) is 0 Å². The average molecular weight is 174 g/mol. The van der Waals surface area contributed by atoms with Crippen LogP contribution in [0.3, 0.4) is 0 Å². The molecule has 0 atom stereocenters. The van der Waals surface area contributed by atoms with Gasteiger partial charge in [-0.05, 0) is 40.9 Å². The van der Waals surface area contributed by atoms with E-state index in [-0.39, 0.29) is 5.54 Å². The van der Waals surface area contributed by atoms with Crippen molar-refractivity contribution >= 4 is 0 Å². The van der Waals surface area contributed by atoms with Crippen molar-refractivity contribution in [1.29, 1.82) is 0 Å². The van der Waals surface area contributed by atoms with Gasteiger partial charge in [-0.25, -0.2) is 0 Å². The summed E-state index contributed by atoms with van der Waals surface area (Å²) in [5.74, 6) is 0. The molecule has 3 heteroatoms. The lowest BCUT2D eigenvalue weighted by Crippen LogP contribution is -2.37. The van der Waals surface area contributed by atoms with Gasteiger partial charge in [-0.1, -0.05) is 0 Å². The van der Waals surface area contributed by atoms with Crippen LogP contribution in [0.4, 0.5) is 0 Å². The summed E-state index contributed by atoms with van der Waals surface area (Å²) in [6.07, 6.45) is 1.07. The van der Waals surface area contributed by atoms with Crippen molar-refractivity contribution in [3.8, 4) is 0 Å². The van der Waals surface area contributed by atoms with Crippen LogP contribution in [0.15, 0.2) is 0 Å². The lowest BCUT2D eigenvalue weighted by atomic mass is 10.1. The number of nitrogens with zero attached hydrogens (tertiary/aromatic N) is 1. The number of ether oxygens (including phenoxy) is 1. The first-order valence-electron chi connectivity index (χ1n) is 4.43. The van der Waals surface area contributed by atoms with Crippen molar-refractivity contribution in [2.24, 2.45) is 5.73 Å². The molecule has 0 aromatic heterocycles. The van der Waals surface area contributed by atoms with Crippen molar-refractivity contribution in [3.63, 3.8) is 0 Å². The second kappa shape index (κ2) is 5.51. The molecule has 2 N–H and O–H groups in total. The Bertz CT molecular complexity index is 108. The Kier molecular flexibility index (Phi) is 5.46. The van der Waals surface area contributed by atoms with Crippen molar-refractivity contribution in [3.05, 3.63) is 0 Å². The fourth-order valence-electron chi connectivity index (χ4n) is 0.818.